The number of hydrogen-bond donors (Lipinski definition) is 0. The second-order valence-corrected chi connectivity index (χ2v) is 8.30. The van der Waals surface area contributed by atoms with Crippen molar-refractivity contribution in [2.24, 2.45) is 0 Å². The molecule has 0 unspecified atom stereocenters. The topological polar surface area (TPSA) is 50.3 Å². The van der Waals surface area contributed by atoms with Gasteiger partial charge in [-0.15, -0.1) is 0 Å². The third-order valence-electron chi connectivity index (χ3n) is 6.59. The van der Waals surface area contributed by atoms with Gasteiger partial charge in [0.05, 0.1) is 5.54 Å². The number of benzene rings is 1. The van der Waals surface area contributed by atoms with E-state index >= 15 is 0 Å². The minimum absolute atomic E-state index is 0.0136. The zero-order valence-electron chi connectivity index (χ0n) is 14.9. The molecule has 6 rings (SSSR count). The predicted molar refractivity (Wildman–Crippen MR) is 92.6 cm³/mol. The number of piperidine rings is 1. The Bertz CT molecular complexity index is 947. The number of amides is 2. The van der Waals surface area contributed by atoms with E-state index in [0.717, 1.165) is 31.4 Å². The number of imide groups is 1. The molecule has 4 nitrogen and oxygen atoms in total. The number of carbonyl (C=O) groups excluding carboxylic acids is 2. The van der Waals surface area contributed by atoms with Gasteiger partial charge in [-0.25, -0.2) is 13.2 Å². The highest BCUT2D eigenvalue weighted by atomic mass is 19.2. The minimum Gasteiger partial charge on any atom is -0.276 e. The van der Waals surface area contributed by atoms with Crippen LogP contribution in [0.1, 0.15) is 49.1 Å². The summed E-state index contributed by atoms with van der Waals surface area (Å²) in [4.78, 5) is 30.9. The first-order chi connectivity index (χ1) is 13.3. The van der Waals surface area contributed by atoms with Gasteiger partial charge in [-0.1, -0.05) is 0 Å². The average Bonchev–Trinajstić information content (AvgIpc) is 2.60. The number of carbonyl (C=O) groups is 2. The molecule has 0 radical (unpaired) electrons. The molecule has 4 fully saturated rings. The third kappa shape index (κ3) is 2.28. The monoisotopic (exact) mass is 386 g/mol. The van der Waals surface area contributed by atoms with Crippen LogP contribution < -0.4 is 0 Å². The number of likely N-dealkylation sites (tertiary alicyclic amines) is 1. The van der Waals surface area contributed by atoms with E-state index in [1.54, 1.807) is 12.4 Å². The summed E-state index contributed by atoms with van der Waals surface area (Å²) in [6.07, 6.45) is 5.68. The van der Waals surface area contributed by atoms with Gasteiger partial charge in [-0.2, -0.15) is 0 Å². The predicted octanol–water partition coefficient (Wildman–Crippen LogP) is 3.61. The number of halogens is 3. The van der Waals surface area contributed by atoms with Crippen LogP contribution in [0.25, 0.3) is 0 Å². The lowest BCUT2D eigenvalue weighted by molar-refractivity contribution is -0.195. The molecule has 3 aliphatic carbocycles. The van der Waals surface area contributed by atoms with E-state index in [0.29, 0.717) is 0 Å². The summed E-state index contributed by atoms with van der Waals surface area (Å²) in [5, 5.41) is 0. The summed E-state index contributed by atoms with van der Waals surface area (Å²) in [6.45, 7) is 0. The smallest absolute Gasteiger partial charge is 0.230 e. The molecule has 1 aromatic carbocycles. The van der Waals surface area contributed by atoms with E-state index in [2.05, 4.69) is 4.98 Å². The van der Waals surface area contributed by atoms with Crippen molar-refractivity contribution in [3.63, 3.8) is 0 Å². The van der Waals surface area contributed by atoms with Crippen LogP contribution in [0.2, 0.25) is 0 Å². The van der Waals surface area contributed by atoms with Crippen molar-refractivity contribution in [3.8, 4) is 0 Å². The maximum Gasteiger partial charge on any atom is 0.230 e. The quantitative estimate of drug-likeness (QED) is 0.598. The van der Waals surface area contributed by atoms with Gasteiger partial charge in [0.2, 0.25) is 11.8 Å². The Balaban J connectivity index is 1.33. The Morgan fingerprint density at radius 1 is 0.929 bits per heavy atom. The Labute approximate surface area is 159 Å². The number of aromatic nitrogens is 1. The molecule has 0 N–H and O–H groups in total. The second kappa shape index (κ2) is 5.65. The van der Waals surface area contributed by atoms with Crippen LogP contribution in [0.4, 0.5) is 13.2 Å². The molecule has 28 heavy (non-hydrogen) atoms. The Morgan fingerprint density at radius 3 is 2.00 bits per heavy atom. The van der Waals surface area contributed by atoms with E-state index in [1.807, 2.05) is 12.1 Å². The molecule has 0 spiro atoms. The van der Waals surface area contributed by atoms with Crippen LogP contribution >= 0.6 is 0 Å². The maximum absolute atomic E-state index is 13.5. The molecule has 1 saturated heterocycles. The summed E-state index contributed by atoms with van der Waals surface area (Å²) in [6, 6.07) is 5.69. The lowest BCUT2D eigenvalue weighted by atomic mass is 9.36. The van der Waals surface area contributed by atoms with Crippen LogP contribution in [-0.4, -0.2) is 27.2 Å². The van der Waals surface area contributed by atoms with Gasteiger partial charge in [0.1, 0.15) is 0 Å². The Hall–Kier alpha value is -2.70. The molecule has 2 bridgehead atoms. The van der Waals surface area contributed by atoms with Crippen molar-refractivity contribution >= 4 is 11.8 Å². The van der Waals surface area contributed by atoms with Crippen molar-refractivity contribution in [2.75, 3.05) is 0 Å². The van der Waals surface area contributed by atoms with E-state index < -0.39 is 28.9 Å². The number of rotatable bonds is 3. The van der Waals surface area contributed by atoms with Crippen LogP contribution in [0.15, 0.2) is 36.7 Å². The van der Waals surface area contributed by atoms with E-state index in [4.69, 9.17) is 0 Å². The van der Waals surface area contributed by atoms with Crippen molar-refractivity contribution in [3.05, 3.63) is 65.2 Å². The molecule has 2 heterocycles. The van der Waals surface area contributed by atoms with Crippen LogP contribution in [0.5, 0.6) is 0 Å². The van der Waals surface area contributed by atoms with E-state index in [9.17, 15) is 22.8 Å². The zero-order valence-corrected chi connectivity index (χ0v) is 14.9. The Kier molecular flexibility index (Phi) is 3.51. The number of nitrogens with zero attached hydrogens (tertiary/aromatic N) is 2. The van der Waals surface area contributed by atoms with Crippen LogP contribution in [0, 0.1) is 17.5 Å². The van der Waals surface area contributed by atoms with Gasteiger partial charge in [-0.05, 0) is 54.7 Å². The van der Waals surface area contributed by atoms with E-state index in [1.165, 1.54) is 10.5 Å². The van der Waals surface area contributed by atoms with Gasteiger partial charge >= 0.3 is 0 Å². The summed E-state index contributed by atoms with van der Waals surface area (Å²) in [7, 11) is 0. The first kappa shape index (κ1) is 17.4. The van der Waals surface area contributed by atoms with Gasteiger partial charge in [-0.3, -0.25) is 19.5 Å². The van der Waals surface area contributed by atoms with Crippen LogP contribution in [-0.2, 0) is 15.0 Å². The van der Waals surface area contributed by atoms with Gasteiger partial charge in [0.25, 0.3) is 0 Å². The average molecular weight is 386 g/mol. The van der Waals surface area contributed by atoms with Crippen molar-refractivity contribution in [2.45, 2.75) is 49.0 Å². The van der Waals surface area contributed by atoms with Crippen LogP contribution in [0.3, 0.4) is 0 Å². The summed E-state index contributed by atoms with van der Waals surface area (Å²) < 4.78 is 40.2. The molecule has 7 heteroatoms. The van der Waals surface area contributed by atoms with Gasteiger partial charge < -0.3 is 0 Å². The van der Waals surface area contributed by atoms with Crippen molar-refractivity contribution < 1.29 is 22.8 Å². The maximum atomic E-state index is 13.5. The fraction of sp³-hybridized carbons (Fsp3) is 0.381. The largest absolute Gasteiger partial charge is 0.276 e. The van der Waals surface area contributed by atoms with Crippen molar-refractivity contribution in [1.29, 1.82) is 0 Å². The molecule has 3 saturated carbocycles. The normalized spacial score (nSPS) is 29.5. The summed E-state index contributed by atoms with van der Waals surface area (Å²) in [5.41, 5.74) is 0.908. The molecular formula is C21H17F3N2O2. The first-order valence-electron chi connectivity index (χ1n) is 9.24. The molecule has 0 atom stereocenters. The summed E-state index contributed by atoms with van der Waals surface area (Å²) >= 11 is 0. The van der Waals surface area contributed by atoms with Crippen molar-refractivity contribution in [1.82, 2.24) is 9.88 Å². The molecule has 1 aliphatic heterocycles. The standard InChI is InChI=1S/C21H17F3N2O2/c22-15-5-12(6-16(23)19(15)24)13-7-17(27)26(18(28)8-13)21-9-20(10-21,11-21)14-1-3-25-4-2-14/h1-6,13H,7-11H2. The fourth-order valence-electron chi connectivity index (χ4n) is 5.37. The highest BCUT2D eigenvalue weighted by molar-refractivity contribution is 6.00. The SMILES string of the molecule is O=C1CC(c2cc(F)c(F)c(F)c2)CC(=O)N1C12CC(c3ccncc3)(C1)C2. The first-order valence-corrected chi connectivity index (χ1v) is 9.24. The van der Waals surface area contributed by atoms with Gasteiger partial charge in [0, 0.05) is 36.6 Å². The molecule has 1 aromatic heterocycles. The number of hydrogen-bond acceptors (Lipinski definition) is 3. The molecule has 2 amide bonds. The highest BCUT2D eigenvalue weighted by Gasteiger charge is 2.72. The minimum atomic E-state index is -1.55. The molecule has 4 aliphatic rings. The highest BCUT2D eigenvalue weighted by Crippen LogP contribution is 2.70. The molecular weight excluding hydrogens is 369 g/mol. The van der Waals surface area contributed by atoms with Gasteiger partial charge in [0.15, 0.2) is 17.5 Å². The number of pyridine rings is 1. The second-order valence-electron chi connectivity index (χ2n) is 8.30. The lowest BCUT2D eigenvalue weighted by Crippen LogP contribution is -2.78. The van der Waals surface area contributed by atoms with E-state index in [-0.39, 0.29) is 35.6 Å². The molecule has 2 aromatic rings. The Morgan fingerprint density at radius 2 is 1.46 bits per heavy atom. The third-order valence-corrected chi connectivity index (χ3v) is 6.59. The molecule has 144 valence electrons. The zero-order chi connectivity index (χ0) is 19.7. The fourth-order valence-corrected chi connectivity index (χ4v) is 5.37. The lowest BCUT2D eigenvalue weighted by Gasteiger charge is -2.73. The summed E-state index contributed by atoms with van der Waals surface area (Å²) in [5.74, 6) is -5.45.